The van der Waals surface area contributed by atoms with Gasteiger partial charge in [-0.3, -0.25) is 4.79 Å². The maximum absolute atomic E-state index is 11.6. The van der Waals surface area contributed by atoms with Gasteiger partial charge in [-0.2, -0.15) is 0 Å². The molecule has 86 valence electrons. The Bertz CT molecular complexity index is 421. The highest BCUT2D eigenvalue weighted by molar-refractivity contribution is 7.14. The minimum absolute atomic E-state index is 0.0904. The Labute approximate surface area is 97.6 Å². The quantitative estimate of drug-likeness (QED) is 0.789. The highest BCUT2D eigenvalue weighted by Crippen LogP contribution is 2.17. The van der Waals surface area contributed by atoms with Crippen molar-refractivity contribution in [1.82, 2.24) is 5.32 Å². The first kappa shape index (κ1) is 12.4. The zero-order valence-electron chi connectivity index (χ0n) is 9.06. The van der Waals surface area contributed by atoms with Crippen LogP contribution in [0.5, 0.6) is 0 Å². The molecular formula is C11H13NO3S. The fourth-order valence-electron chi connectivity index (χ4n) is 1.05. The lowest BCUT2D eigenvalue weighted by atomic mass is 10.3. The van der Waals surface area contributed by atoms with Crippen LogP contribution >= 0.6 is 11.3 Å². The van der Waals surface area contributed by atoms with Gasteiger partial charge in [-0.1, -0.05) is 0 Å². The molecule has 1 amide bonds. The number of aliphatic carboxylic acids is 1. The first-order valence-corrected chi connectivity index (χ1v) is 5.62. The zero-order valence-corrected chi connectivity index (χ0v) is 9.88. The third-order valence-electron chi connectivity index (χ3n) is 1.66. The van der Waals surface area contributed by atoms with Crippen LogP contribution in [0.3, 0.4) is 0 Å². The van der Waals surface area contributed by atoms with E-state index in [4.69, 9.17) is 5.11 Å². The third-order valence-corrected chi connectivity index (χ3v) is 2.71. The maximum Gasteiger partial charge on any atom is 0.328 e. The lowest BCUT2D eigenvalue weighted by Crippen LogP contribution is -2.29. The van der Waals surface area contributed by atoms with Gasteiger partial charge in [-0.05, 0) is 32.1 Å². The van der Waals surface area contributed by atoms with Gasteiger partial charge in [-0.25, -0.2) is 4.79 Å². The SMILES string of the molecule is CC(C)NC(=O)c1ccc(/C=C/C(=O)O)s1. The molecule has 0 saturated heterocycles. The van der Waals surface area contributed by atoms with E-state index >= 15 is 0 Å². The van der Waals surface area contributed by atoms with Crippen LogP contribution in [-0.2, 0) is 4.79 Å². The number of hydrogen-bond acceptors (Lipinski definition) is 3. The van der Waals surface area contributed by atoms with Gasteiger partial charge in [0.1, 0.15) is 0 Å². The number of carboxylic acids is 1. The number of amides is 1. The van der Waals surface area contributed by atoms with E-state index in [0.29, 0.717) is 4.88 Å². The van der Waals surface area contributed by atoms with Crippen LogP contribution in [0.4, 0.5) is 0 Å². The minimum atomic E-state index is -0.999. The van der Waals surface area contributed by atoms with E-state index in [2.05, 4.69) is 5.32 Å². The van der Waals surface area contributed by atoms with Crippen LogP contribution in [0, 0.1) is 0 Å². The topological polar surface area (TPSA) is 66.4 Å². The second-order valence-corrected chi connectivity index (χ2v) is 4.62. The summed E-state index contributed by atoms with van der Waals surface area (Å²) in [7, 11) is 0. The highest BCUT2D eigenvalue weighted by Gasteiger charge is 2.08. The largest absolute Gasteiger partial charge is 0.478 e. The van der Waals surface area contributed by atoms with Crippen molar-refractivity contribution in [3.63, 3.8) is 0 Å². The van der Waals surface area contributed by atoms with Gasteiger partial charge in [0, 0.05) is 17.0 Å². The molecule has 1 heterocycles. The van der Waals surface area contributed by atoms with Crippen LogP contribution in [0.15, 0.2) is 18.2 Å². The Balaban J connectivity index is 2.71. The van der Waals surface area contributed by atoms with Crippen LogP contribution in [-0.4, -0.2) is 23.0 Å². The number of hydrogen-bond donors (Lipinski definition) is 2. The number of carboxylic acid groups (broad SMARTS) is 1. The highest BCUT2D eigenvalue weighted by atomic mass is 32.1. The molecule has 0 unspecified atom stereocenters. The average molecular weight is 239 g/mol. The first-order chi connectivity index (χ1) is 7.49. The monoisotopic (exact) mass is 239 g/mol. The Morgan fingerprint density at radius 1 is 1.44 bits per heavy atom. The molecule has 0 bridgehead atoms. The number of thiophene rings is 1. The van der Waals surface area contributed by atoms with E-state index < -0.39 is 5.97 Å². The van der Waals surface area contributed by atoms with Crippen LogP contribution in [0.25, 0.3) is 6.08 Å². The molecule has 4 nitrogen and oxygen atoms in total. The molecule has 0 aromatic carbocycles. The Morgan fingerprint density at radius 3 is 2.69 bits per heavy atom. The van der Waals surface area contributed by atoms with Gasteiger partial charge < -0.3 is 10.4 Å². The Hall–Kier alpha value is -1.62. The van der Waals surface area contributed by atoms with E-state index in [0.717, 1.165) is 11.0 Å². The molecule has 1 rings (SSSR count). The molecule has 1 aromatic rings. The van der Waals surface area contributed by atoms with E-state index in [1.165, 1.54) is 17.4 Å². The van der Waals surface area contributed by atoms with Crippen molar-refractivity contribution in [3.05, 3.63) is 28.0 Å². The summed E-state index contributed by atoms with van der Waals surface area (Å²) in [6.07, 6.45) is 2.52. The summed E-state index contributed by atoms with van der Waals surface area (Å²) in [5, 5.41) is 11.2. The molecule has 0 saturated carbocycles. The van der Waals surface area contributed by atoms with Gasteiger partial charge in [0.15, 0.2) is 0 Å². The summed E-state index contributed by atoms with van der Waals surface area (Å²) < 4.78 is 0. The van der Waals surface area contributed by atoms with Crippen LogP contribution in [0.2, 0.25) is 0 Å². The van der Waals surface area contributed by atoms with Crippen molar-refractivity contribution in [1.29, 1.82) is 0 Å². The van der Waals surface area contributed by atoms with E-state index in [1.807, 2.05) is 13.8 Å². The molecule has 5 heteroatoms. The number of carbonyl (C=O) groups is 2. The van der Waals surface area contributed by atoms with Crippen LogP contribution < -0.4 is 5.32 Å². The fraction of sp³-hybridized carbons (Fsp3) is 0.273. The standard InChI is InChI=1S/C11H13NO3S/c1-7(2)12-11(15)9-5-3-8(16-9)4-6-10(13)14/h3-7H,1-2H3,(H,12,15)(H,13,14)/b6-4+. The van der Waals surface area contributed by atoms with Gasteiger partial charge in [0.2, 0.25) is 0 Å². The second-order valence-electron chi connectivity index (χ2n) is 3.50. The molecule has 0 fully saturated rings. The van der Waals surface area contributed by atoms with Gasteiger partial charge in [0.25, 0.3) is 5.91 Å². The van der Waals surface area contributed by atoms with E-state index in [9.17, 15) is 9.59 Å². The first-order valence-electron chi connectivity index (χ1n) is 4.80. The average Bonchev–Trinajstić information content (AvgIpc) is 2.61. The van der Waals surface area contributed by atoms with E-state index in [1.54, 1.807) is 12.1 Å². The van der Waals surface area contributed by atoms with Crippen molar-refractivity contribution in [2.24, 2.45) is 0 Å². The molecule has 16 heavy (non-hydrogen) atoms. The predicted molar refractivity (Wildman–Crippen MR) is 63.6 cm³/mol. The Morgan fingerprint density at radius 2 is 2.12 bits per heavy atom. The van der Waals surface area contributed by atoms with Crippen molar-refractivity contribution in [2.75, 3.05) is 0 Å². The number of nitrogens with one attached hydrogen (secondary N) is 1. The second kappa shape index (κ2) is 5.46. The molecular weight excluding hydrogens is 226 g/mol. The van der Waals surface area contributed by atoms with Crippen molar-refractivity contribution in [2.45, 2.75) is 19.9 Å². The lowest BCUT2D eigenvalue weighted by molar-refractivity contribution is -0.131. The Kier molecular flexibility index (Phi) is 4.25. The molecule has 0 aliphatic carbocycles. The normalized spacial score (nSPS) is 10.9. The van der Waals surface area contributed by atoms with Crippen molar-refractivity contribution >= 4 is 29.3 Å². The summed E-state index contributed by atoms with van der Waals surface area (Å²) in [5.41, 5.74) is 0. The van der Waals surface area contributed by atoms with Gasteiger partial charge in [0.05, 0.1) is 4.88 Å². The fourth-order valence-corrected chi connectivity index (χ4v) is 1.86. The minimum Gasteiger partial charge on any atom is -0.478 e. The molecule has 2 N–H and O–H groups in total. The molecule has 0 aliphatic rings. The summed E-state index contributed by atoms with van der Waals surface area (Å²) >= 11 is 1.26. The number of rotatable bonds is 4. The van der Waals surface area contributed by atoms with Crippen molar-refractivity contribution < 1.29 is 14.7 Å². The van der Waals surface area contributed by atoms with E-state index in [-0.39, 0.29) is 11.9 Å². The summed E-state index contributed by atoms with van der Waals surface area (Å²) in [6, 6.07) is 3.50. The van der Waals surface area contributed by atoms with Gasteiger partial charge >= 0.3 is 5.97 Å². The summed E-state index contributed by atoms with van der Waals surface area (Å²) in [4.78, 5) is 23.2. The smallest absolute Gasteiger partial charge is 0.328 e. The summed E-state index contributed by atoms with van der Waals surface area (Å²) in [6.45, 7) is 3.77. The van der Waals surface area contributed by atoms with Crippen molar-refractivity contribution in [3.8, 4) is 0 Å². The van der Waals surface area contributed by atoms with Gasteiger partial charge in [-0.15, -0.1) is 11.3 Å². The molecule has 0 radical (unpaired) electrons. The summed E-state index contributed by atoms with van der Waals surface area (Å²) in [5.74, 6) is -1.13. The molecule has 0 aliphatic heterocycles. The third kappa shape index (κ3) is 3.86. The van der Waals surface area contributed by atoms with Crippen LogP contribution in [0.1, 0.15) is 28.4 Å². The molecule has 0 spiro atoms. The zero-order chi connectivity index (χ0) is 12.1. The maximum atomic E-state index is 11.6. The molecule has 1 aromatic heterocycles. The number of carbonyl (C=O) groups excluding carboxylic acids is 1. The lowest BCUT2D eigenvalue weighted by Gasteiger charge is -2.05. The predicted octanol–water partition coefficient (Wildman–Crippen LogP) is 1.98. The molecule has 0 atom stereocenters.